The highest BCUT2D eigenvalue weighted by Crippen LogP contribution is 2.25. The number of rotatable bonds is 8. The van der Waals surface area contributed by atoms with E-state index in [1.54, 1.807) is 0 Å². The first-order valence-electron chi connectivity index (χ1n) is 11.3. The number of benzene rings is 3. The number of fused-ring (bicyclic) bond motifs is 1. The molecule has 0 amide bonds. The first-order chi connectivity index (χ1) is 14.9. The first-order valence-corrected chi connectivity index (χ1v) is 12.1. The second-order valence-electron chi connectivity index (χ2n) is 9.50. The number of aliphatic hydroxyl groups excluding tert-OH is 1. The summed E-state index contributed by atoms with van der Waals surface area (Å²) in [5.74, 6) is 0. The summed E-state index contributed by atoms with van der Waals surface area (Å²) in [7, 11) is 0. The topological polar surface area (TPSA) is 35.5 Å². The molecule has 1 saturated heterocycles. The van der Waals surface area contributed by atoms with E-state index in [1.807, 2.05) is 0 Å². The summed E-state index contributed by atoms with van der Waals surface area (Å²) in [6.45, 7) is 7.00. The van der Waals surface area contributed by atoms with Crippen LogP contribution in [0.15, 0.2) is 71.2 Å². The van der Waals surface area contributed by atoms with Crippen LogP contribution >= 0.6 is 15.9 Å². The van der Waals surface area contributed by atoms with Crippen molar-refractivity contribution < 1.29 is 5.11 Å². The number of nitrogens with one attached hydrogen (secondary N) is 1. The lowest BCUT2D eigenvalue weighted by atomic mass is 9.93. The van der Waals surface area contributed by atoms with E-state index < -0.39 is 0 Å². The Morgan fingerprint density at radius 2 is 1.84 bits per heavy atom. The van der Waals surface area contributed by atoms with Gasteiger partial charge in [0.15, 0.2) is 0 Å². The Balaban J connectivity index is 1.34. The molecule has 0 bridgehead atoms. The highest BCUT2D eigenvalue weighted by Gasteiger charge is 2.31. The summed E-state index contributed by atoms with van der Waals surface area (Å²) in [6, 6.07) is 23.9. The number of likely N-dealkylation sites (tertiary alicyclic amines) is 1. The molecule has 4 heteroatoms. The van der Waals surface area contributed by atoms with Crippen molar-refractivity contribution in [3.63, 3.8) is 0 Å². The van der Waals surface area contributed by atoms with Gasteiger partial charge in [0.05, 0.1) is 6.10 Å². The van der Waals surface area contributed by atoms with Crippen molar-refractivity contribution in [1.29, 1.82) is 0 Å². The van der Waals surface area contributed by atoms with E-state index in [-0.39, 0.29) is 17.7 Å². The van der Waals surface area contributed by atoms with Crippen molar-refractivity contribution in [1.82, 2.24) is 10.2 Å². The molecule has 0 radical (unpaired) electrons. The number of hydrogen-bond acceptors (Lipinski definition) is 3. The monoisotopic (exact) mass is 480 g/mol. The van der Waals surface area contributed by atoms with E-state index in [1.165, 1.54) is 21.9 Å². The fraction of sp³-hybridized carbons (Fsp3) is 0.407. The molecule has 31 heavy (non-hydrogen) atoms. The number of aliphatic hydroxyl groups is 1. The van der Waals surface area contributed by atoms with E-state index >= 15 is 0 Å². The van der Waals surface area contributed by atoms with E-state index in [0.29, 0.717) is 6.54 Å². The Bertz CT molecular complexity index is 1020. The van der Waals surface area contributed by atoms with Crippen LogP contribution in [0, 0.1) is 0 Å². The van der Waals surface area contributed by atoms with Crippen LogP contribution in [0.1, 0.15) is 37.8 Å². The molecule has 1 heterocycles. The van der Waals surface area contributed by atoms with Gasteiger partial charge in [0.25, 0.3) is 0 Å². The molecule has 1 fully saturated rings. The highest BCUT2D eigenvalue weighted by atomic mass is 79.9. The lowest BCUT2D eigenvalue weighted by Gasteiger charge is -2.33. The zero-order valence-corrected chi connectivity index (χ0v) is 20.1. The van der Waals surface area contributed by atoms with Crippen LogP contribution in [0.3, 0.4) is 0 Å². The van der Waals surface area contributed by atoms with Crippen molar-refractivity contribution in [3.05, 3.63) is 82.3 Å². The van der Waals surface area contributed by atoms with Crippen molar-refractivity contribution in [2.45, 2.75) is 57.3 Å². The third kappa shape index (κ3) is 5.95. The summed E-state index contributed by atoms with van der Waals surface area (Å²) in [6.07, 6.45) is 2.76. The minimum atomic E-state index is -0.370. The van der Waals surface area contributed by atoms with Gasteiger partial charge in [0, 0.05) is 29.1 Å². The number of nitrogens with zero attached hydrogens (tertiary/aromatic N) is 1. The quantitative estimate of drug-likeness (QED) is 0.444. The normalized spacial score (nSPS) is 18.5. The van der Waals surface area contributed by atoms with Gasteiger partial charge < -0.3 is 10.4 Å². The van der Waals surface area contributed by atoms with Crippen LogP contribution in [0.4, 0.5) is 0 Å². The number of β-amino-alcohol motifs (C(OH)–C–C–N with tert-alkyl or cyclic N) is 1. The zero-order chi connectivity index (χ0) is 21.8. The zero-order valence-electron chi connectivity index (χ0n) is 18.5. The van der Waals surface area contributed by atoms with Gasteiger partial charge in [-0.05, 0) is 73.7 Å². The fourth-order valence-corrected chi connectivity index (χ4v) is 5.24. The second kappa shape index (κ2) is 9.83. The minimum Gasteiger partial charge on any atom is -0.390 e. The van der Waals surface area contributed by atoms with Gasteiger partial charge in [-0.2, -0.15) is 0 Å². The predicted octanol–water partition coefficient (Wildman–Crippen LogP) is 5.54. The molecular weight excluding hydrogens is 448 g/mol. The summed E-state index contributed by atoms with van der Waals surface area (Å²) in [5, 5.41) is 17.2. The average molecular weight is 481 g/mol. The Morgan fingerprint density at radius 1 is 1.03 bits per heavy atom. The SMILES string of the molecule is CC(C)(Cc1ccc2ccccc2c1)NC[C@@H](O)[C@H]1CCCN1Cc1cccc(Br)c1. The smallest absolute Gasteiger partial charge is 0.0819 e. The standard InChI is InChI=1S/C27H33BrN2O/c1-27(2,17-20-12-13-22-8-3-4-9-23(22)15-20)29-18-26(31)25-11-6-14-30(25)19-21-7-5-10-24(28)16-21/h3-5,7-10,12-13,15-16,25-26,29,31H,6,11,14,17-19H2,1-2H3/t25-,26-/m1/s1. The number of halogens is 1. The summed E-state index contributed by atoms with van der Waals surface area (Å²) in [5.41, 5.74) is 2.53. The van der Waals surface area contributed by atoms with Crippen molar-refractivity contribution in [3.8, 4) is 0 Å². The lowest BCUT2D eigenvalue weighted by Crippen LogP contribution is -2.50. The molecule has 4 rings (SSSR count). The third-order valence-electron chi connectivity index (χ3n) is 6.38. The molecule has 3 aromatic carbocycles. The fourth-order valence-electron chi connectivity index (χ4n) is 4.79. The average Bonchev–Trinajstić information content (AvgIpc) is 3.20. The summed E-state index contributed by atoms with van der Waals surface area (Å²) < 4.78 is 1.11. The molecule has 0 unspecified atom stereocenters. The predicted molar refractivity (Wildman–Crippen MR) is 133 cm³/mol. The van der Waals surface area contributed by atoms with Crippen LogP contribution < -0.4 is 5.32 Å². The van der Waals surface area contributed by atoms with Crippen LogP contribution in [0.25, 0.3) is 10.8 Å². The van der Waals surface area contributed by atoms with Crippen LogP contribution in [-0.4, -0.2) is 40.8 Å². The Kier molecular flexibility index (Phi) is 7.12. The maximum absolute atomic E-state index is 11.0. The second-order valence-corrected chi connectivity index (χ2v) is 10.4. The van der Waals surface area contributed by atoms with E-state index in [9.17, 15) is 5.11 Å². The van der Waals surface area contributed by atoms with E-state index in [4.69, 9.17) is 0 Å². The lowest BCUT2D eigenvalue weighted by molar-refractivity contribution is 0.0633. The Morgan fingerprint density at radius 3 is 2.65 bits per heavy atom. The number of hydrogen-bond donors (Lipinski definition) is 2. The molecule has 0 aliphatic carbocycles. The van der Waals surface area contributed by atoms with Crippen LogP contribution in [-0.2, 0) is 13.0 Å². The summed E-state index contributed by atoms with van der Waals surface area (Å²) in [4.78, 5) is 2.43. The molecule has 0 saturated carbocycles. The van der Waals surface area contributed by atoms with Crippen LogP contribution in [0.2, 0.25) is 0 Å². The molecule has 1 aliphatic heterocycles. The Hall–Kier alpha value is -1.72. The molecule has 164 valence electrons. The van der Waals surface area contributed by atoms with Crippen molar-refractivity contribution >= 4 is 26.7 Å². The van der Waals surface area contributed by atoms with Gasteiger partial charge in [-0.25, -0.2) is 0 Å². The van der Waals surface area contributed by atoms with Crippen LogP contribution in [0.5, 0.6) is 0 Å². The molecule has 1 aliphatic rings. The molecule has 2 atom stereocenters. The van der Waals surface area contributed by atoms with E-state index in [2.05, 4.69) is 107 Å². The van der Waals surface area contributed by atoms with Gasteiger partial charge >= 0.3 is 0 Å². The highest BCUT2D eigenvalue weighted by molar-refractivity contribution is 9.10. The largest absolute Gasteiger partial charge is 0.390 e. The van der Waals surface area contributed by atoms with Gasteiger partial charge in [-0.3, -0.25) is 4.90 Å². The summed E-state index contributed by atoms with van der Waals surface area (Å²) >= 11 is 3.56. The maximum Gasteiger partial charge on any atom is 0.0819 e. The molecule has 3 nitrogen and oxygen atoms in total. The maximum atomic E-state index is 11.0. The molecule has 0 aromatic heterocycles. The van der Waals surface area contributed by atoms with Gasteiger partial charge in [0.2, 0.25) is 0 Å². The van der Waals surface area contributed by atoms with E-state index in [0.717, 1.165) is 36.8 Å². The molecule has 2 N–H and O–H groups in total. The molecular formula is C27H33BrN2O. The Labute approximate surface area is 194 Å². The molecule has 3 aromatic rings. The van der Waals surface area contributed by atoms with Crippen molar-refractivity contribution in [2.75, 3.05) is 13.1 Å². The van der Waals surface area contributed by atoms with Gasteiger partial charge in [-0.15, -0.1) is 0 Å². The first kappa shape index (κ1) is 22.5. The van der Waals surface area contributed by atoms with Gasteiger partial charge in [0.1, 0.15) is 0 Å². The van der Waals surface area contributed by atoms with Gasteiger partial charge in [-0.1, -0.05) is 70.5 Å². The minimum absolute atomic E-state index is 0.0861. The molecule has 0 spiro atoms. The third-order valence-corrected chi connectivity index (χ3v) is 6.88. The van der Waals surface area contributed by atoms with Crippen molar-refractivity contribution in [2.24, 2.45) is 0 Å².